The number of benzene rings is 2. The van der Waals surface area contributed by atoms with Crippen LogP contribution >= 0.6 is 11.8 Å². The first-order chi connectivity index (χ1) is 11.7. The molecule has 0 saturated heterocycles. The van der Waals surface area contributed by atoms with Crippen LogP contribution < -0.4 is 14.8 Å². The van der Waals surface area contributed by atoms with Crippen molar-refractivity contribution >= 4 is 23.4 Å². The summed E-state index contributed by atoms with van der Waals surface area (Å²) in [6.45, 7) is 3.39. The number of nitrogens with one attached hydrogen (secondary N) is 1. The van der Waals surface area contributed by atoms with E-state index >= 15 is 0 Å². The van der Waals surface area contributed by atoms with Crippen LogP contribution in [0.15, 0.2) is 42.5 Å². The van der Waals surface area contributed by atoms with Gasteiger partial charge in [-0.05, 0) is 30.2 Å². The standard InChI is InChI=1S/C19H21NO3S/c1-14-5-2-3-6-15(14)12-24-13-19(21)20-16-7-8-17-18(11-16)23-10-4-9-22-17/h2-3,5-8,11H,4,9-10,12-13H2,1H3,(H,20,21). The minimum Gasteiger partial charge on any atom is -0.490 e. The molecule has 1 heterocycles. The van der Waals surface area contributed by atoms with Crippen LogP contribution in [-0.2, 0) is 10.5 Å². The summed E-state index contributed by atoms with van der Waals surface area (Å²) >= 11 is 1.61. The molecule has 0 aromatic heterocycles. The molecule has 0 radical (unpaired) electrons. The molecule has 24 heavy (non-hydrogen) atoms. The molecule has 126 valence electrons. The number of aryl methyl sites for hydroxylation is 1. The van der Waals surface area contributed by atoms with Crippen molar-refractivity contribution in [3.05, 3.63) is 53.6 Å². The smallest absolute Gasteiger partial charge is 0.234 e. The molecule has 0 bridgehead atoms. The van der Waals surface area contributed by atoms with E-state index in [1.165, 1.54) is 11.1 Å². The number of carbonyl (C=O) groups excluding carboxylic acids is 1. The van der Waals surface area contributed by atoms with E-state index in [0.29, 0.717) is 24.7 Å². The zero-order chi connectivity index (χ0) is 16.8. The van der Waals surface area contributed by atoms with E-state index in [1.54, 1.807) is 11.8 Å². The number of ether oxygens (including phenoxy) is 2. The molecular weight excluding hydrogens is 322 g/mol. The number of anilines is 1. The van der Waals surface area contributed by atoms with Gasteiger partial charge < -0.3 is 14.8 Å². The number of fused-ring (bicyclic) bond motifs is 1. The number of hydrogen-bond acceptors (Lipinski definition) is 4. The van der Waals surface area contributed by atoms with Crippen LogP contribution in [0.2, 0.25) is 0 Å². The van der Waals surface area contributed by atoms with Crippen LogP contribution in [0.3, 0.4) is 0 Å². The monoisotopic (exact) mass is 343 g/mol. The van der Waals surface area contributed by atoms with Crippen molar-refractivity contribution in [3.63, 3.8) is 0 Å². The number of thioether (sulfide) groups is 1. The highest BCUT2D eigenvalue weighted by Crippen LogP contribution is 2.32. The quantitative estimate of drug-likeness (QED) is 0.890. The molecule has 0 fully saturated rings. The van der Waals surface area contributed by atoms with E-state index in [2.05, 4.69) is 24.4 Å². The zero-order valence-electron chi connectivity index (χ0n) is 13.7. The van der Waals surface area contributed by atoms with Gasteiger partial charge in [0, 0.05) is 23.9 Å². The Hall–Kier alpha value is -2.14. The molecule has 2 aromatic rings. The van der Waals surface area contributed by atoms with Crippen molar-refractivity contribution in [1.82, 2.24) is 0 Å². The van der Waals surface area contributed by atoms with Crippen molar-refractivity contribution in [1.29, 1.82) is 0 Å². The first kappa shape index (κ1) is 16.7. The fourth-order valence-corrected chi connectivity index (χ4v) is 3.37. The van der Waals surface area contributed by atoms with Crippen LogP contribution in [0.5, 0.6) is 11.5 Å². The molecule has 3 rings (SSSR count). The van der Waals surface area contributed by atoms with E-state index < -0.39 is 0 Å². The molecule has 1 aliphatic rings. The fraction of sp³-hybridized carbons (Fsp3) is 0.316. The van der Waals surface area contributed by atoms with Crippen molar-refractivity contribution in [2.75, 3.05) is 24.3 Å². The van der Waals surface area contributed by atoms with Gasteiger partial charge in [0.2, 0.25) is 5.91 Å². The van der Waals surface area contributed by atoms with Gasteiger partial charge in [0.15, 0.2) is 11.5 Å². The van der Waals surface area contributed by atoms with E-state index in [9.17, 15) is 4.79 Å². The van der Waals surface area contributed by atoms with Crippen molar-refractivity contribution in [3.8, 4) is 11.5 Å². The zero-order valence-corrected chi connectivity index (χ0v) is 14.5. The predicted octanol–water partition coefficient (Wildman–Crippen LogP) is 4.03. The summed E-state index contributed by atoms with van der Waals surface area (Å²) in [6, 6.07) is 13.8. The molecule has 0 atom stereocenters. The highest BCUT2D eigenvalue weighted by atomic mass is 32.2. The SMILES string of the molecule is Cc1ccccc1CSCC(=O)Nc1ccc2c(c1)OCCCO2. The largest absolute Gasteiger partial charge is 0.490 e. The van der Waals surface area contributed by atoms with Crippen molar-refractivity contribution in [2.45, 2.75) is 19.1 Å². The molecule has 2 aromatic carbocycles. The van der Waals surface area contributed by atoms with Gasteiger partial charge in [-0.2, -0.15) is 0 Å². The van der Waals surface area contributed by atoms with Crippen LogP contribution in [0.4, 0.5) is 5.69 Å². The van der Waals surface area contributed by atoms with Gasteiger partial charge in [0.25, 0.3) is 0 Å². The van der Waals surface area contributed by atoms with Gasteiger partial charge in [-0.15, -0.1) is 11.8 Å². The van der Waals surface area contributed by atoms with Crippen LogP contribution in [0, 0.1) is 6.92 Å². The van der Waals surface area contributed by atoms with E-state index in [-0.39, 0.29) is 5.91 Å². The third kappa shape index (κ3) is 4.45. The Balaban J connectivity index is 1.52. The van der Waals surface area contributed by atoms with E-state index in [4.69, 9.17) is 9.47 Å². The lowest BCUT2D eigenvalue weighted by Crippen LogP contribution is -2.14. The maximum atomic E-state index is 12.1. The third-order valence-corrected chi connectivity index (χ3v) is 4.76. The summed E-state index contributed by atoms with van der Waals surface area (Å²) in [5, 5.41) is 2.92. The Bertz CT molecular complexity index is 718. The number of rotatable bonds is 5. The molecule has 0 spiro atoms. The summed E-state index contributed by atoms with van der Waals surface area (Å²) in [5.74, 6) is 2.67. The van der Waals surface area contributed by atoms with Crippen LogP contribution in [0.1, 0.15) is 17.5 Å². The molecule has 1 aliphatic heterocycles. The maximum absolute atomic E-state index is 12.1. The second kappa shape index (κ2) is 8.11. The minimum absolute atomic E-state index is 0.0110. The molecule has 1 N–H and O–H groups in total. The summed E-state index contributed by atoms with van der Waals surface area (Å²) in [5.41, 5.74) is 3.26. The normalized spacial score (nSPS) is 13.2. The average Bonchev–Trinajstić information content (AvgIpc) is 2.81. The lowest BCUT2D eigenvalue weighted by Gasteiger charge is -2.10. The molecular formula is C19H21NO3S. The van der Waals surface area contributed by atoms with Crippen molar-refractivity contribution in [2.24, 2.45) is 0 Å². The number of amides is 1. The highest BCUT2D eigenvalue weighted by Gasteiger charge is 2.12. The van der Waals surface area contributed by atoms with E-state index in [1.807, 2.05) is 30.3 Å². The molecule has 5 heteroatoms. The molecule has 4 nitrogen and oxygen atoms in total. The van der Waals surface area contributed by atoms with Gasteiger partial charge in [-0.25, -0.2) is 0 Å². The average molecular weight is 343 g/mol. The van der Waals surface area contributed by atoms with Gasteiger partial charge in [0.05, 0.1) is 19.0 Å². The van der Waals surface area contributed by atoms with Gasteiger partial charge in [-0.3, -0.25) is 4.79 Å². The Morgan fingerprint density at radius 1 is 1.12 bits per heavy atom. The van der Waals surface area contributed by atoms with Crippen LogP contribution in [0.25, 0.3) is 0 Å². The van der Waals surface area contributed by atoms with Gasteiger partial charge in [-0.1, -0.05) is 24.3 Å². The first-order valence-corrected chi connectivity index (χ1v) is 9.19. The molecule has 0 saturated carbocycles. The Morgan fingerprint density at radius 2 is 1.92 bits per heavy atom. The Labute approximate surface area is 146 Å². The lowest BCUT2D eigenvalue weighted by atomic mass is 10.1. The fourth-order valence-electron chi connectivity index (χ4n) is 2.46. The highest BCUT2D eigenvalue weighted by molar-refractivity contribution is 7.99. The van der Waals surface area contributed by atoms with Crippen molar-refractivity contribution < 1.29 is 14.3 Å². The molecule has 0 unspecified atom stereocenters. The van der Waals surface area contributed by atoms with Gasteiger partial charge >= 0.3 is 0 Å². The Kier molecular flexibility index (Phi) is 5.64. The summed E-state index contributed by atoms with van der Waals surface area (Å²) < 4.78 is 11.2. The second-order valence-electron chi connectivity index (χ2n) is 5.68. The Morgan fingerprint density at radius 3 is 2.75 bits per heavy atom. The van der Waals surface area contributed by atoms with E-state index in [0.717, 1.165) is 23.6 Å². The third-order valence-electron chi connectivity index (χ3n) is 3.78. The number of hydrogen-bond donors (Lipinski definition) is 1. The molecule has 1 amide bonds. The summed E-state index contributed by atoms with van der Waals surface area (Å²) in [4.78, 5) is 12.1. The maximum Gasteiger partial charge on any atom is 0.234 e. The minimum atomic E-state index is -0.0110. The second-order valence-corrected chi connectivity index (χ2v) is 6.67. The predicted molar refractivity (Wildman–Crippen MR) is 98.0 cm³/mol. The van der Waals surface area contributed by atoms with Gasteiger partial charge in [0.1, 0.15) is 0 Å². The summed E-state index contributed by atoms with van der Waals surface area (Å²) in [7, 11) is 0. The molecule has 0 aliphatic carbocycles. The van der Waals surface area contributed by atoms with Crippen LogP contribution in [-0.4, -0.2) is 24.9 Å². The number of carbonyl (C=O) groups is 1. The first-order valence-electron chi connectivity index (χ1n) is 8.04. The lowest BCUT2D eigenvalue weighted by molar-refractivity contribution is -0.113. The topological polar surface area (TPSA) is 47.6 Å². The summed E-state index contributed by atoms with van der Waals surface area (Å²) in [6.07, 6.45) is 0.867.